The first-order valence-corrected chi connectivity index (χ1v) is 6.36. The van der Waals surface area contributed by atoms with Crippen LogP contribution in [0.5, 0.6) is 0 Å². The molecule has 0 saturated carbocycles. The largest absolute Gasteiger partial charge is 0.453 e. The third-order valence-corrected chi connectivity index (χ3v) is 2.76. The van der Waals surface area contributed by atoms with E-state index in [2.05, 4.69) is 4.98 Å². The Bertz CT molecular complexity index is 540. The molecule has 6 nitrogen and oxygen atoms in total. The average molecular weight is 275 g/mol. The van der Waals surface area contributed by atoms with Crippen LogP contribution in [-0.4, -0.2) is 17.5 Å². The molecule has 2 heterocycles. The first-order valence-electron chi connectivity index (χ1n) is 6.36. The molecule has 0 aliphatic carbocycles. The summed E-state index contributed by atoms with van der Waals surface area (Å²) in [4.78, 5) is 15.2. The summed E-state index contributed by atoms with van der Waals surface area (Å²) < 4.78 is 10.8. The van der Waals surface area contributed by atoms with Crippen molar-refractivity contribution in [3.63, 3.8) is 0 Å². The number of nitrogen functional groups attached to an aromatic ring is 1. The van der Waals surface area contributed by atoms with E-state index in [4.69, 9.17) is 15.0 Å². The normalized spacial score (nSPS) is 10.4. The van der Waals surface area contributed by atoms with Crippen LogP contribution >= 0.6 is 0 Å². The van der Waals surface area contributed by atoms with E-state index in [1.54, 1.807) is 24.5 Å². The molecular weight excluding hydrogens is 258 g/mol. The highest BCUT2D eigenvalue weighted by molar-refractivity contribution is 5.90. The first-order chi connectivity index (χ1) is 9.79. The fraction of sp³-hybridized carbons (Fsp3) is 0.286. The van der Waals surface area contributed by atoms with Gasteiger partial charge in [-0.05, 0) is 42.7 Å². The van der Waals surface area contributed by atoms with Gasteiger partial charge in [0.25, 0.3) is 0 Å². The molecule has 0 atom stereocenters. The second-order valence-corrected chi connectivity index (χ2v) is 4.25. The summed E-state index contributed by atoms with van der Waals surface area (Å²) in [6.45, 7) is 0.968. The van der Waals surface area contributed by atoms with Crippen LogP contribution in [0.3, 0.4) is 0 Å². The van der Waals surface area contributed by atoms with Crippen LogP contribution in [-0.2, 0) is 17.8 Å². The monoisotopic (exact) mass is 275 g/mol. The molecule has 3 N–H and O–H groups in total. The molecule has 0 saturated heterocycles. The van der Waals surface area contributed by atoms with Gasteiger partial charge in [-0.15, -0.1) is 0 Å². The molecule has 1 amide bonds. The zero-order chi connectivity index (χ0) is 14.2. The fourth-order valence-electron chi connectivity index (χ4n) is 1.75. The predicted molar refractivity (Wildman–Crippen MR) is 72.6 cm³/mol. The average Bonchev–Trinajstić information content (AvgIpc) is 2.96. The van der Waals surface area contributed by atoms with Crippen LogP contribution in [0.1, 0.15) is 28.3 Å². The van der Waals surface area contributed by atoms with Crippen LogP contribution in [0.4, 0.5) is 0 Å². The predicted octanol–water partition coefficient (Wildman–Crippen LogP) is 1.43. The lowest BCUT2D eigenvalue weighted by molar-refractivity contribution is 0.0891. The van der Waals surface area contributed by atoms with Crippen molar-refractivity contribution in [3.05, 3.63) is 53.7 Å². The van der Waals surface area contributed by atoms with Crippen molar-refractivity contribution in [1.29, 1.82) is 0 Å². The number of nitrogens with zero attached hydrogens (tertiary/aromatic N) is 1. The van der Waals surface area contributed by atoms with Crippen LogP contribution < -0.4 is 11.3 Å². The van der Waals surface area contributed by atoms with Gasteiger partial charge in [0.05, 0.1) is 0 Å². The molecular formula is C14H17N3O3. The minimum atomic E-state index is -0.450. The number of aryl methyl sites for hydroxylation is 1. The molecule has 0 aliphatic heterocycles. The molecule has 0 spiro atoms. The maximum Gasteiger partial charge on any atom is 0.300 e. The van der Waals surface area contributed by atoms with Crippen LogP contribution in [0.2, 0.25) is 0 Å². The van der Waals surface area contributed by atoms with Crippen molar-refractivity contribution < 1.29 is 13.9 Å². The molecule has 0 unspecified atom stereocenters. The van der Waals surface area contributed by atoms with E-state index in [0.29, 0.717) is 19.0 Å². The summed E-state index contributed by atoms with van der Waals surface area (Å²) in [5.74, 6) is 5.35. The van der Waals surface area contributed by atoms with Crippen LogP contribution in [0.15, 0.2) is 41.1 Å². The number of amides is 1. The lowest BCUT2D eigenvalue weighted by Crippen LogP contribution is -2.29. The Balaban J connectivity index is 1.66. The molecule has 20 heavy (non-hydrogen) atoms. The van der Waals surface area contributed by atoms with Gasteiger partial charge in [0.1, 0.15) is 12.4 Å². The second-order valence-electron chi connectivity index (χ2n) is 4.25. The Labute approximate surface area is 116 Å². The van der Waals surface area contributed by atoms with E-state index >= 15 is 0 Å². The number of nitrogens with one attached hydrogen (secondary N) is 1. The second kappa shape index (κ2) is 7.42. The molecule has 0 fully saturated rings. The number of nitrogens with two attached hydrogens (primary N) is 1. The molecule has 0 bridgehead atoms. The highest BCUT2D eigenvalue weighted by Crippen LogP contribution is 2.09. The smallest absolute Gasteiger partial charge is 0.300 e. The van der Waals surface area contributed by atoms with Crippen molar-refractivity contribution in [3.8, 4) is 0 Å². The highest BCUT2D eigenvalue weighted by atomic mass is 16.5. The van der Waals surface area contributed by atoms with Crippen molar-refractivity contribution in [1.82, 2.24) is 10.4 Å². The SMILES string of the molecule is NNC(=O)c1ccc(COCCCc2ccncc2)o1. The Morgan fingerprint density at radius 1 is 1.30 bits per heavy atom. The molecule has 106 valence electrons. The molecule has 6 heteroatoms. The Kier molecular flexibility index (Phi) is 5.28. The number of hydrazine groups is 1. The van der Waals surface area contributed by atoms with E-state index in [1.807, 2.05) is 17.6 Å². The van der Waals surface area contributed by atoms with Gasteiger partial charge in [0.15, 0.2) is 5.76 Å². The number of carbonyl (C=O) groups excluding carboxylic acids is 1. The van der Waals surface area contributed by atoms with Gasteiger partial charge in [-0.25, -0.2) is 5.84 Å². The number of hydrogen-bond donors (Lipinski definition) is 2. The number of rotatable bonds is 7. The number of hydrogen-bond acceptors (Lipinski definition) is 5. The lowest BCUT2D eigenvalue weighted by atomic mass is 10.1. The van der Waals surface area contributed by atoms with Crippen molar-refractivity contribution in [2.24, 2.45) is 5.84 Å². The number of furan rings is 1. The molecule has 2 aromatic rings. The quantitative estimate of drug-likeness (QED) is 0.345. The maximum absolute atomic E-state index is 11.2. The van der Waals surface area contributed by atoms with E-state index in [1.165, 1.54) is 5.56 Å². The Hall–Kier alpha value is -2.18. The van der Waals surface area contributed by atoms with Gasteiger partial charge in [-0.1, -0.05) is 0 Å². The van der Waals surface area contributed by atoms with Crippen molar-refractivity contribution in [2.75, 3.05) is 6.61 Å². The zero-order valence-electron chi connectivity index (χ0n) is 11.0. The summed E-state index contributed by atoms with van der Waals surface area (Å²) in [5.41, 5.74) is 3.25. The Morgan fingerprint density at radius 2 is 2.10 bits per heavy atom. The van der Waals surface area contributed by atoms with E-state index in [-0.39, 0.29) is 5.76 Å². The minimum Gasteiger partial charge on any atom is -0.453 e. The first kappa shape index (κ1) is 14.2. The Morgan fingerprint density at radius 3 is 2.85 bits per heavy atom. The summed E-state index contributed by atoms with van der Waals surface area (Å²) in [6, 6.07) is 7.25. The number of ether oxygens (including phenoxy) is 1. The third-order valence-electron chi connectivity index (χ3n) is 2.76. The number of aromatic nitrogens is 1. The van der Waals surface area contributed by atoms with E-state index in [0.717, 1.165) is 12.8 Å². The van der Waals surface area contributed by atoms with E-state index < -0.39 is 5.91 Å². The standard InChI is InChI=1S/C14H17N3O3/c15-17-14(18)13-4-3-12(20-13)10-19-9-1-2-11-5-7-16-8-6-11/h3-8H,1-2,9-10,15H2,(H,17,18). The summed E-state index contributed by atoms with van der Waals surface area (Å²) in [7, 11) is 0. The maximum atomic E-state index is 11.2. The number of carbonyl (C=O) groups is 1. The van der Waals surface area contributed by atoms with Crippen molar-refractivity contribution >= 4 is 5.91 Å². The third kappa shape index (κ3) is 4.18. The highest BCUT2D eigenvalue weighted by Gasteiger charge is 2.09. The van der Waals surface area contributed by atoms with Crippen molar-refractivity contribution in [2.45, 2.75) is 19.4 Å². The fourth-order valence-corrected chi connectivity index (χ4v) is 1.75. The molecule has 0 aromatic carbocycles. The van der Waals surface area contributed by atoms with Gasteiger partial charge in [-0.3, -0.25) is 15.2 Å². The van der Waals surface area contributed by atoms with Gasteiger partial charge >= 0.3 is 5.91 Å². The summed E-state index contributed by atoms with van der Waals surface area (Å²) >= 11 is 0. The van der Waals surface area contributed by atoms with E-state index in [9.17, 15) is 4.79 Å². The topological polar surface area (TPSA) is 90.4 Å². The zero-order valence-corrected chi connectivity index (χ0v) is 11.0. The van der Waals surface area contributed by atoms with Gasteiger partial charge < -0.3 is 9.15 Å². The summed E-state index contributed by atoms with van der Waals surface area (Å²) in [6.07, 6.45) is 5.43. The van der Waals surface area contributed by atoms with Gasteiger partial charge in [0.2, 0.25) is 0 Å². The van der Waals surface area contributed by atoms with Gasteiger partial charge in [-0.2, -0.15) is 0 Å². The number of pyridine rings is 1. The molecule has 0 radical (unpaired) electrons. The molecule has 0 aliphatic rings. The van der Waals surface area contributed by atoms with Crippen LogP contribution in [0, 0.1) is 0 Å². The van der Waals surface area contributed by atoms with Crippen LogP contribution in [0.25, 0.3) is 0 Å². The lowest BCUT2D eigenvalue weighted by Gasteiger charge is -2.02. The minimum absolute atomic E-state index is 0.183. The molecule has 2 aromatic heterocycles. The molecule has 2 rings (SSSR count). The summed E-state index contributed by atoms with van der Waals surface area (Å²) in [5, 5.41) is 0. The van der Waals surface area contributed by atoms with Gasteiger partial charge in [0, 0.05) is 19.0 Å².